The number of benzene rings is 2. The molecule has 1 amide bonds. The van der Waals surface area contributed by atoms with Crippen molar-refractivity contribution >= 4 is 16.4 Å². The lowest BCUT2D eigenvalue weighted by molar-refractivity contribution is -0.117. The zero-order valence-electron chi connectivity index (χ0n) is 13.9. The van der Waals surface area contributed by atoms with Gasteiger partial charge in [0.05, 0.1) is 10.9 Å². The molecule has 0 aliphatic carbocycles. The SMILES string of the molecule is CO[C@H](c1ccccc1)[C@H](C)N(C=O)S(=O)(=O)c1ccc(C)cc1. The van der Waals surface area contributed by atoms with Gasteiger partial charge in [-0.25, -0.2) is 12.7 Å². The number of sulfonamides is 1. The Morgan fingerprint density at radius 3 is 2.12 bits per heavy atom. The van der Waals surface area contributed by atoms with E-state index in [0.717, 1.165) is 15.4 Å². The van der Waals surface area contributed by atoms with Gasteiger partial charge >= 0.3 is 0 Å². The zero-order valence-corrected chi connectivity index (χ0v) is 14.7. The van der Waals surface area contributed by atoms with Gasteiger partial charge in [-0.05, 0) is 31.5 Å². The maximum atomic E-state index is 12.8. The van der Waals surface area contributed by atoms with E-state index in [4.69, 9.17) is 4.74 Å². The Morgan fingerprint density at radius 1 is 1.04 bits per heavy atom. The molecule has 2 aromatic carbocycles. The predicted octanol–water partition coefficient (Wildman–Crippen LogP) is 2.92. The second-order valence-electron chi connectivity index (χ2n) is 5.56. The molecular weight excluding hydrogens is 326 g/mol. The van der Waals surface area contributed by atoms with Crippen LogP contribution < -0.4 is 0 Å². The van der Waals surface area contributed by atoms with E-state index in [9.17, 15) is 13.2 Å². The van der Waals surface area contributed by atoms with Crippen LogP contribution in [-0.2, 0) is 19.6 Å². The maximum Gasteiger partial charge on any atom is 0.266 e. The summed E-state index contributed by atoms with van der Waals surface area (Å²) in [6.07, 6.45) is -0.217. The van der Waals surface area contributed by atoms with E-state index < -0.39 is 22.2 Å². The number of rotatable bonds is 7. The lowest BCUT2D eigenvalue weighted by atomic mass is 10.0. The van der Waals surface area contributed by atoms with Gasteiger partial charge in [0.25, 0.3) is 10.0 Å². The number of nitrogens with zero attached hydrogens (tertiary/aromatic N) is 1. The van der Waals surface area contributed by atoms with Crippen LogP contribution in [0.3, 0.4) is 0 Å². The first kappa shape index (κ1) is 18.2. The van der Waals surface area contributed by atoms with Crippen LogP contribution in [0.15, 0.2) is 59.5 Å². The molecule has 0 saturated carbocycles. The molecule has 0 aromatic heterocycles. The number of hydrogen-bond acceptors (Lipinski definition) is 4. The number of hydrogen-bond donors (Lipinski definition) is 0. The molecule has 6 heteroatoms. The fraction of sp³-hybridized carbons (Fsp3) is 0.278. The molecule has 0 fully saturated rings. The molecular formula is C18H21NO4S. The number of ether oxygens (including phenoxy) is 1. The minimum absolute atomic E-state index is 0.0787. The van der Waals surface area contributed by atoms with Crippen molar-refractivity contribution in [2.75, 3.05) is 7.11 Å². The van der Waals surface area contributed by atoms with Crippen LogP contribution in [0.4, 0.5) is 0 Å². The summed E-state index contributed by atoms with van der Waals surface area (Å²) in [5.41, 5.74) is 1.75. The Hall–Kier alpha value is -2.18. The smallest absolute Gasteiger partial charge is 0.266 e. The highest BCUT2D eigenvalue weighted by Gasteiger charge is 2.33. The Labute approximate surface area is 142 Å². The van der Waals surface area contributed by atoms with Gasteiger partial charge in [0.2, 0.25) is 6.41 Å². The first-order valence-corrected chi connectivity index (χ1v) is 8.99. The molecule has 0 saturated heterocycles. The quantitative estimate of drug-likeness (QED) is 0.723. The summed E-state index contributed by atoms with van der Waals surface area (Å²) in [6.45, 7) is 3.52. The lowest BCUT2D eigenvalue weighted by Crippen LogP contribution is -2.41. The van der Waals surface area contributed by atoms with Crippen LogP contribution in [-0.4, -0.2) is 32.3 Å². The Balaban J connectivity index is 2.38. The molecule has 128 valence electrons. The summed E-state index contributed by atoms with van der Waals surface area (Å²) >= 11 is 0. The van der Waals surface area contributed by atoms with Gasteiger partial charge in [-0.15, -0.1) is 0 Å². The van der Waals surface area contributed by atoms with Gasteiger partial charge in [-0.3, -0.25) is 4.79 Å². The van der Waals surface area contributed by atoms with Crippen molar-refractivity contribution in [3.8, 4) is 0 Å². The van der Waals surface area contributed by atoms with Crippen LogP contribution in [0.25, 0.3) is 0 Å². The third-order valence-electron chi connectivity index (χ3n) is 3.92. The molecule has 0 heterocycles. The molecule has 2 aromatic rings. The van der Waals surface area contributed by atoms with Crippen molar-refractivity contribution in [2.24, 2.45) is 0 Å². The molecule has 0 spiro atoms. The Morgan fingerprint density at radius 2 is 1.62 bits per heavy atom. The second kappa shape index (κ2) is 7.59. The highest BCUT2D eigenvalue weighted by molar-refractivity contribution is 7.89. The lowest BCUT2D eigenvalue weighted by Gasteiger charge is -2.30. The summed E-state index contributed by atoms with van der Waals surface area (Å²) < 4.78 is 31.9. The zero-order chi connectivity index (χ0) is 17.7. The van der Waals surface area contributed by atoms with Crippen molar-refractivity contribution in [2.45, 2.75) is 30.9 Å². The number of methoxy groups -OCH3 is 1. The monoisotopic (exact) mass is 347 g/mol. The summed E-state index contributed by atoms with van der Waals surface area (Å²) in [6, 6.07) is 14.9. The fourth-order valence-electron chi connectivity index (χ4n) is 2.59. The van der Waals surface area contributed by atoms with Crippen LogP contribution in [0.5, 0.6) is 0 Å². The van der Waals surface area contributed by atoms with Gasteiger partial charge < -0.3 is 4.74 Å². The Kier molecular flexibility index (Phi) is 5.75. The third-order valence-corrected chi connectivity index (χ3v) is 5.76. The van der Waals surface area contributed by atoms with Gasteiger partial charge in [-0.2, -0.15) is 0 Å². The average molecular weight is 347 g/mol. The largest absolute Gasteiger partial charge is 0.375 e. The van der Waals surface area contributed by atoms with Gasteiger partial charge in [0.1, 0.15) is 6.10 Å². The molecule has 2 rings (SSSR count). The molecule has 0 radical (unpaired) electrons. The molecule has 0 aliphatic rings. The number of amides is 1. The van der Waals surface area contributed by atoms with E-state index in [0.29, 0.717) is 6.41 Å². The fourth-order valence-corrected chi connectivity index (χ4v) is 3.98. The molecule has 0 N–H and O–H groups in total. The highest BCUT2D eigenvalue weighted by atomic mass is 32.2. The third kappa shape index (κ3) is 3.66. The molecule has 2 atom stereocenters. The predicted molar refractivity (Wildman–Crippen MR) is 91.9 cm³/mol. The van der Waals surface area contributed by atoms with Crippen LogP contribution >= 0.6 is 0 Å². The second-order valence-corrected chi connectivity index (χ2v) is 7.40. The Bertz CT molecular complexity index is 772. The van der Waals surface area contributed by atoms with Crippen LogP contribution in [0, 0.1) is 6.92 Å². The van der Waals surface area contributed by atoms with E-state index in [1.165, 1.54) is 19.2 Å². The molecule has 0 bridgehead atoms. The van der Waals surface area contributed by atoms with E-state index in [2.05, 4.69) is 0 Å². The topological polar surface area (TPSA) is 63.7 Å². The average Bonchev–Trinajstić information content (AvgIpc) is 2.57. The highest BCUT2D eigenvalue weighted by Crippen LogP contribution is 2.27. The van der Waals surface area contributed by atoms with E-state index in [1.54, 1.807) is 19.1 Å². The maximum absolute atomic E-state index is 12.8. The first-order chi connectivity index (χ1) is 11.4. The summed E-state index contributed by atoms with van der Waals surface area (Å²) in [7, 11) is -2.45. The summed E-state index contributed by atoms with van der Waals surface area (Å²) in [5.74, 6) is 0. The van der Waals surface area contributed by atoms with E-state index in [-0.39, 0.29) is 4.90 Å². The first-order valence-electron chi connectivity index (χ1n) is 7.55. The van der Waals surface area contributed by atoms with Crippen molar-refractivity contribution in [3.63, 3.8) is 0 Å². The van der Waals surface area contributed by atoms with E-state index >= 15 is 0 Å². The van der Waals surface area contributed by atoms with Crippen LogP contribution in [0.2, 0.25) is 0 Å². The van der Waals surface area contributed by atoms with E-state index in [1.807, 2.05) is 37.3 Å². The van der Waals surface area contributed by atoms with Gasteiger partial charge in [0.15, 0.2) is 0 Å². The van der Waals surface area contributed by atoms with Gasteiger partial charge in [-0.1, -0.05) is 48.0 Å². The number of carbonyl (C=O) groups is 1. The standard InChI is InChI=1S/C18H21NO4S/c1-14-9-11-17(12-10-14)24(21,22)19(13-20)15(2)18(23-3)16-7-5-4-6-8-16/h4-13,15,18H,1-3H3/t15-,18-/m0/s1. The van der Waals surface area contributed by atoms with Gasteiger partial charge in [0, 0.05) is 7.11 Å². The molecule has 5 nitrogen and oxygen atoms in total. The number of aryl methyl sites for hydroxylation is 1. The van der Waals surface area contributed by atoms with Crippen molar-refractivity contribution in [1.82, 2.24) is 4.31 Å². The molecule has 24 heavy (non-hydrogen) atoms. The molecule has 0 aliphatic heterocycles. The van der Waals surface area contributed by atoms with Crippen molar-refractivity contribution in [3.05, 3.63) is 65.7 Å². The number of carbonyl (C=O) groups excluding carboxylic acids is 1. The van der Waals surface area contributed by atoms with Crippen LogP contribution in [0.1, 0.15) is 24.2 Å². The van der Waals surface area contributed by atoms with Crippen molar-refractivity contribution in [1.29, 1.82) is 0 Å². The normalized spacial score (nSPS) is 14.0. The minimum atomic E-state index is -3.94. The summed E-state index contributed by atoms with van der Waals surface area (Å²) in [5, 5.41) is 0. The van der Waals surface area contributed by atoms with Crippen molar-refractivity contribution < 1.29 is 17.9 Å². The minimum Gasteiger partial charge on any atom is -0.375 e. The summed E-state index contributed by atoms with van der Waals surface area (Å²) in [4.78, 5) is 11.7. The molecule has 0 unspecified atom stereocenters.